The van der Waals surface area contributed by atoms with Gasteiger partial charge in [-0.15, -0.1) is 5.92 Å². The maximum absolute atomic E-state index is 13.6. The van der Waals surface area contributed by atoms with Crippen LogP contribution < -0.4 is 0 Å². The molecule has 3 rings (SSSR count). The van der Waals surface area contributed by atoms with Crippen LogP contribution in [-0.4, -0.2) is 56.1 Å². The SMILES string of the molecule is CC#Cc1cc(C)c(C2=C(CCS(=O)(=O)O)CC3(CCN(S(=O)(=O)CC)CC3)CC2=O)c(C)c1. The molecule has 0 saturated carbocycles. The maximum Gasteiger partial charge on any atom is 0.265 e. The van der Waals surface area contributed by atoms with Crippen molar-refractivity contribution in [2.75, 3.05) is 24.6 Å². The number of nitrogens with zero attached hydrogens (tertiary/aromatic N) is 1. The summed E-state index contributed by atoms with van der Waals surface area (Å²) in [5.41, 5.74) is 4.31. The van der Waals surface area contributed by atoms with Gasteiger partial charge in [-0.1, -0.05) is 11.5 Å². The van der Waals surface area contributed by atoms with Crippen molar-refractivity contribution in [3.05, 3.63) is 40.0 Å². The Labute approximate surface area is 203 Å². The highest BCUT2D eigenvalue weighted by Gasteiger charge is 2.44. The molecule has 9 heteroatoms. The Bertz CT molecular complexity index is 1270. The van der Waals surface area contributed by atoms with E-state index in [9.17, 15) is 26.2 Å². The Kier molecular flexibility index (Phi) is 7.78. The lowest BCUT2D eigenvalue weighted by atomic mass is 9.64. The summed E-state index contributed by atoms with van der Waals surface area (Å²) in [6, 6.07) is 3.86. The third-order valence-corrected chi connectivity index (χ3v) is 9.61. The number of hydrogen-bond donors (Lipinski definition) is 1. The van der Waals surface area contributed by atoms with Crippen molar-refractivity contribution >= 4 is 31.5 Å². The molecule has 34 heavy (non-hydrogen) atoms. The molecular weight excluding hydrogens is 474 g/mol. The zero-order chi connectivity index (χ0) is 25.3. The molecule has 1 aliphatic heterocycles. The van der Waals surface area contributed by atoms with Crippen LogP contribution in [0, 0.1) is 31.1 Å². The third-order valence-electron chi connectivity index (χ3n) is 7.01. The van der Waals surface area contributed by atoms with Crippen LogP contribution in [0.5, 0.6) is 0 Å². The predicted octanol–water partition coefficient (Wildman–Crippen LogP) is 3.50. The molecule has 1 aromatic carbocycles. The van der Waals surface area contributed by atoms with Gasteiger partial charge in [-0.05, 0) is 87.6 Å². The number of benzene rings is 1. The monoisotopic (exact) mass is 507 g/mol. The molecule has 186 valence electrons. The van der Waals surface area contributed by atoms with Crippen LogP contribution in [0.3, 0.4) is 0 Å². The van der Waals surface area contributed by atoms with E-state index in [2.05, 4.69) is 11.8 Å². The highest BCUT2D eigenvalue weighted by atomic mass is 32.2. The summed E-state index contributed by atoms with van der Waals surface area (Å²) in [6.07, 6.45) is 1.97. The smallest absolute Gasteiger partial charge is 0.265 e. The lowest BCUT2D eigenvalue weighted by molar-refractivity contribution is -0.117. The van der Waals surface area contributed by atoms with E-state index in [0.717, 1.165) is 27.8 Å². The van der Waals surface area contributed by atoms with Crippen molar-refractivity contribution in [1.82, 2.24) is 4.31 Å². The minimum atomic E-state index is -4.21. The Morgan fingerprint density at radius 2 is 1.65 bits per heavy atom. The van der Waals surface area contributed by atoms with Gasteiger partial charge in [0.2, 0.25) is 10.0 Å². The van der Waals surface area contributed by atoms with Gasteiger partial charge in [0.25, 0.3) is 10.1 Å². The van der Waals surface area contributed by atoms with E-state index in [4.69, 9.17) is 0 Å². The first-order chi connectivity index (χ1) is 15.8. The van der Waals surface area contributed by atoms with Crippen molar-refractivity contribution in [2.45, 2.75) is 59.8 Å². The first-order valence-electron chi connectivity index (χ1n) is 11.5. The predicted molar refractivity (Wildman–Crippen MR) is 133 cm³/mol. The first kappa shape index (κ1) is 26.6. The highest BCUT2D eigenvalue weighted by Crippen LogP contribution is 2.49. The summed E-state index contributed by atoms with van der Waals surface area (Å²) in [4.78, 5) is 13.6. The van der Waals surface area contributed by atoms with E-state index in [1.165, 1.54) is 4.31 Å². The normalized spacial score (nSPS) is 19.3. The minimum Gasteiger partial charge on any atom is -0.294 e. The van der Waals surface area contributed by atoms with Crippen LogP contribution in [0.4, 0.5) is 0 Å². The van der Waals surface area contributed by atoms with Gasteiger partial charge in [-0.25, -0.2) is 12.7 Å². The van der Waals surface area contributed by atoms with E-state index in [0.29, 0.717) is 44.3 Å². The molecule has 0 bridgehead atoms. The summed E-state index contributed by atoms with van der Waals surface area (Å²) in [6.45, 7) is 7.92. The summed E-state index contributed by atoms with van der Waals surface area (Å²) in [7, 11) is -7.50. The number of Topliss-reactive ketones (excluding diaryl/α,β-unsaturated/α-hetero) is 1. The number of allylic oxidation sites excluding steroid dienone is 2. The number of piperidine rings is 1. The van der Waals surface area contributed by atoms with E-state index >= 15 is 0 Å². The second kappa shape index (κ2) is 9.94. The fourth-order valence-electron chi connectivity index (χ4n) is 5.36. The molecule has 1 aromatic rings. The Balaban J connectivity index is 2.04. The number of sulfonamides is 1. The highest BCUT2D eigenvalue weighted by molar-refractivity contribution is 7.89. The quantitative estimate of drug-likeness (QED) is 0.466. The van der Waals surface area contributed by atoms with Crippen LogP contribution >= 0.6 is 0 Å². The average molecular weight is 508 g/mol. The van der Waals surface area contributed by atoms with Crippen LogP contribution in [0.15, 0.2) is 17.7 Å². The first-order valence-corrected chi connectivity index (χ1v) is 14.8. The molecule has 0 amide bonds. The number of rotatable bonds is 6. The number of aryl methyl sites for hydroxylation is 2. The molecule has 1 fully saturated rings. The van der Waals surface area contributed by atoms with Gasteiger partial charge in [0.05, 0.1) is 11.5 Å². The zero-order valence-electron chi connectivity index (χ0n) is 20.3. The van der Waals surface area contributed by atoms with Crippen molar-refractivity contribution in [2.24, 2.45) is 5.41 Å². The molecule has 1 heterocycles. The Morgan fingerprint density at radius 3 is 2.15 bits per heavy atom. The zero-order valence-corrected chi connectivity index (χ0v) is 21.9. The van der Waals surface area contributed by atoms with Crippen molar-refractivity contribution in [3.63, 3.8) is 0 Å². The topological polar surface area (TPSA) is 109 Å². The molecule has 0 aromatic heterocycles. The summed E-state index contributed by atoms with van der Waals surface area (Å²) >= 11 is 0. The average Bonchev–Trinajstić information content (AvgIpc) is 2.73. The van der Waals surface area contributed by atoms with Crippen LogP contribution in [0.2, 0.25) is 0 Å². The van der Waals surface area contributed by atoms with Gasteiger partial charge >= 0.3 is 0 Å². The largest absolute Gasteiger partial charge is 0.294 e. The second-order valence-corrected chi connectivity index (χ2v) is 13.3. The van der Waals surface area contributed by atoms with E-state index in [1.54, 1.807) is 13.8 Å². The molecule has 2 aliphatic rings. The van der Waals surface area contributed by atoms with Crippen LogP contribution in [0.1, 0.15) is 68.2 Å². The number of carbonyl (C=O) groups is 1. The lowest BCUT2D eigenvalue weighted by Crippen LogP contribution is -2.45. The number of carbonyl (C=O) groups excluding carboxylic acids is 1. The molecule has 7 nitrogen and oxygen atoms in total. The van der Waals surface area contributed by atoms with Gasteiger partial charge in [-0.2, -0.15) is 8.42 Å². The number of hydrogen-bond acceptors (Lipinski definition) is 5. The summed E-state index contributed by atoms with van der Waals surface area (Å²) in [5.74, 6) is 5.45. The molecule has 1 N–H and O–H groups in total. The molecule has 1 spiro atoms. The minimum absolute atomic E-state index is 0.0412. The van der Waals surface area contributed by atoms with Gasteiger partial charge in [0.1, 0.15) is 0 Å². The second-order valence-electron chi connectivity index (χ2n) is 9.45. The molecular formula is C25H33NO6S2. The van der Waals surface area contributed by atoms with Crippen LogP contribution in [-0.2, 0) is 24.9 Å². The van der Waals surface area contributed by atoms with E-state index in [-0.39, 0.29) is 18.0 Å². The van der Waals surface area contributed by atoms with Crippen molar-refractivity contribution in [3.8, 4) is 11.8 Å². The van der Waals surface area contributed by atoms with Gasteiger partial charge in [-0.3, -0.25) is 9.35 Å². The maximum atomic E-state index is 13.6. The van der Waals surface area contributed by atoms with Crippen molar-refractivity contribution < 1.29 is 26.2 Å². The molecule has 0 radical (unpaired) electrons. The van der Waals surface area contributed by atoms with E-state index in [1.807, 2.05) is 26.0 Å². The summed E-state index contributed by atoms with van der Waals surface area (Å²) in [5, 5.41) is 0. The Morgan fingerprint density at radius 1 is 1.06 bits per heavy atom. The fourth-order valence-corrected chi connectivity index (χ4v) is 6.97. The lowest BCUT2D eigenvalue weighted by Gasteiger charge is -2.44. The standard InChI is InChI=1S/C25H33NO6S2/c1-5-7-20-14-18(3)23(19(4)15-20)24-21(8-13-34(30,31)32)16-25(17-22(24)27)9-11-26(12-10-25)33(28,29)6-2/h14-15H,6,8-13,16-17H2,1-4H3,(H,30,31,32). The fraction of sp³-hybridized carbons (Fsp3) is 0.560. The molecule has 0 unspecified atom stereocenters. The van der Waals surface area contributed by atoms with Gasteiger partial charge in [0, 0.05) is 30.6 Å². The molecule has 1 saturated heterocycles. The Hall–Kier alpha value is -1.99. The number of ketones is 1. The summed E-state index contributed by atoms with van der Waals surface area (Å²) < 4.78 is 58.6. The van der Waals surface area contributed by atoms with E-state index < -0.39 is 31.3 Å². The van der Waals surface area contributed by atoms with Gasteiger partial charge < -0.3 is 0 Å². The third kappa shape index (κ3) is 5.80. The van der Waals surface area contributed by atoms with Gasteiger partial charge in [0.15, 0.2) is 5.78 Å². The van der Waals surface area contributed by atoms with Crippen LogP contribution in [0.25, 0.3) is 5.57 Å². The molecule has 1 aliphatic carbocycles. The van der Waals surface area contributed by atoms with Crippen molar-refractivity contribution in [1.29, 1.82) is 0 Å². The molecule has 0 atom stereocenters.